The van der Waals surface area contributed by atoms with Crippen molar-refractivity contribution < 1.29 is 0 Å². The second-order valence-corrected chi connectivity index (χ2v) is 4.18. The number of nitrogens with one attached hydrogen (secondary N) is 1. The van der Waals surface area contributed by atoms with Gasteiger partial charge in [-0.05, 0) is 34.7 Å². The minimum Gasteiger partial charge on any atom is -0.311 e. The van der Waals surface area contributed by atoms with Crippen molar-refractivity contribution in [3.05, 3.63) is 18.0 Å². The second kappa shape index (κ2) is 3.50. The van der Waals surface area contributed by atoms with Crippen LogP contribution in [0.1, 0.15) is 39.3 Å². The Kier molecular flexibility index (Phi) is 2.76. The van der Waals surface area contributed by atoms with Crippen molar-refractivity contribution in [2.24, 2.45) is 0 Å². The average Bonchev–Trinajstić information content (AvgIpc) is 2.52. The highest BCUT2D eigenvalue weighted by Crippen LogP contribution is 2.19. The summed E-state index contributed by atoms with van der Waals surface area (Å²) in [6.45, 7) is 8.55. The first kappa shape index (κ1) is 10.3. The lowest BCUT2D eigenvalue weighted by atomic mass is 9.98. The fraction of sp³-hybridized carbons (Fsp3) is 0.700. The molecule has 3 nitrogen and oxygen atoms in total. The summed E-state index contributed by atoms with van der Waals surface area (Å²) in [4.78, 5) is 0. The molecule has 0 spiro atoms. The predicted molar refractivity (Wildman–Crippen MR) is 54.7 cm³/mol. The standard InChI is InChI=1S/C10H19N3/c1-8(2)13-7-9(6-12-13)10(3,4)11-5/h6-8,11H,1-5H3. The summed E-state index contributed by atoms with van der Waals surface area (Å²) >= 11 is 0. The Labute approximate surface area is 80.1 Å². The summed E-state index contributed by atoms with van der Waals surface area (Å²) in [5, 5.41) is 7.56. The summed E-state index contributed by atoms with van der Waals surface area (Å²) in [5.41, 5.74) is 1.23. The monoisotopic (exact) mass is 181 g/mol. The van der Waals surface area contributed by atoms with E-state index in [1.807, 2.05) is 17.9 Å². The number of nitrogens with zero attached hydrogens (tertiary/aromatic N) is 2. The quantitative estimate of drug-likeness (QED) is 0.772. The van der Waals surface area contributed by atoms with Crippen LogP contribution in [0.3, 0.4) is 0 Å². The summed E-state index contributed by atoms with van der Waals surface area (Å²) in [5.74, 6) is 0. The molecular weight excluding hydrogens is 162 g/mol. The molecule has 1 aromatic heterocycles. The Morgan fingerprint density at radius 3 is 2.46 bits per heavy atom. The molecule has 0 saturated heterocycles. The molecule has 1 aromatic rings. The molecule has 1 N–H and O–H groups in total. The van der Waals surface area contributed by atoms with Gasteiger partial charge in [0, 0.05) is 23.3 Å². The molecule has 3 heteroatoms. The van der Waals surface area contributed by atoms with Crippen LogP contribution in [-0.4, -0.2) is 16.8 Å². The third-order valence-electron chi connectivity index (χ3n) is 2.48. The summed E-state index contributed by atoms with van der Waals surface area (Å²) in [7, 11) is 1.96. The van der Waals surface area contributed by atoms with E-state index < -0.39 is 0 Å². The fourth-order valence-electron chi connectivity index (χ4n) is 1.09. The molecule has 13 heavy (non-hydrogen) atoms. The number of rotatable bonds is 3. The Morgan fingerprint density at radius 1 is 1.46 bits per heavy atom. The van der Waals surface area contributed by atoms with Gasteiger partial charge in [0.2, 0.25) is 0 Å². The summed E-state index contributed by atoms with van der Waals surface area (Å²) in [6.07, 6.45) is 4.03. The minimum absolute atomic E-state index is 0.00708. The average molecular weight is 181 g/mol. The van der Waals surface area contributed by atoms with Crippen LogP contribution >= 0.6 is 0 Å². The fourth-order valence-corrected chi connectivity index (χ4v) is 1.09. The summed E-state index contributed by atoms with van der Waals surface area (Å²) < 4.78 is 1.98. The Balaban J connectivity index is 2.91. The van der Waals surface area contributed by atoms with Crippen molar-refractivity contribution in [3.63, 3.8) is 0 Å². The van der Waals surface area contributed by atoms with Gasteiger partial charge >= 0.3 is 0 Å². The van der Waals surface area contributed by atoms with Crippen LogP contribution in [-0.2, 0) is 5.54 Å². The van der Waals surface area contributed by atoms with Gasteiger partial charge < -0.3 is 5.32 Å². The maximum atomic E-state index is 4.31. The van der Waals surface area contributed by atoms with Gasteiger partial charge in [0.25, 0.3) is 0 Å². The topological polar surface area (TPSA) is 29.9 Å². The van der Waals surface area contributed by atoms with Gasteiger partial charge in [0.1, 0.15) is 0 Å². The first-order valence-corrected chi connectivity index (χ1v) is 4.71. The van der Waals surface area contributed by atoms with E-state index in [9.17, 15) is 0 Å². The van der Waals surface area contributed by atoms with E-state index >= 15 is 0 Å². The molecule has 0 saturated carbocycles. The Morgan fingerprint density at radius 2 is 2.08 bits per heavy atom. The van der Waals surface area contributed by atoms with E-state index in [1.54, 1.807) is 0 Å². The van der Waals surface area contributed by atoms with Gasteiger partial charge in [-0.3, -0.25) is 4.68 Å². The molecule has 0 bridgehead atoms. The number of hydrogen-bond donors (Lipinski definition) is 1. The van der Waals surface area contributed by atoms with Crippen LogP contribution in [0, 0.1) is 0 Å². The zero-order chi connectivity index (χ0) is 10.1. The van der Waals surface area contributed by atoms with E-state index in [2.05, 4.69) is 44.3 Å². The zero-order valence-electron chi connectivity index (χ0n) is 9.13. The molecule has 1 heterocycles. The second-order valence-electron chi connectivity index (χ2n) is 4.18. The lowest BCUT2D eigenvalue weighted by molar-refractivity contribution is 0.442. The van der Waals surface area contributed by atoms with E-state index in [-0.39, 0.29) is 5.54 Å². The molecule has 0 unspecified atom stereocenters. The first-order chi connectivity index (χ1) is 5.97. The maximum Gasteiger partial charge on any atom is 0.0540 e. The largest absolute Gasteiger partial charge is 0.311 e. The molecule has 0 aromatic carbocycles. The van der Waals surface area contributed by atoms with Gasteiger partial charge in [0.15, 0.2) is 0 Å². The molecule has 74 valence electrons. The molecule has 0 aliphatic rings. The Bertz CT molecular complexity index is 273. The highest BCUT2D eigenvalue weighted by atomic mass is 15.3. The molecule has 0 fully saturated rings. The number of hydrogen-bond acceptors (Lipinski definition) is 2. The van der Waals surface area contributed by atoms with E-state index in [0.29, 0.717) is 6.04 Å². The van der Waals surface area contributed by atoms with Gasteiger partial charge in [-0.15, -0.1) is 0 Å². The summed E-state index contributed by atoms with van der Waals surface area (Å²) in [6, 6.07) is 0.432. The van der Waals surface area contributed by atoms with Gasteiger partial charge in [0.05, 0.1) is 6.20 Å². The first-order valence-electron chi connectivity index (χ1n) is 4.71. The molecule has 0 amide bonds. The van der Waals surface area contributed by atoms with Gasteiger partial charge in [-0.1, -0.05) is 0 Å². The lowest BCUT2D eigenvalue weighted by Crippen LogP contribution is -2.32. The molecule has 0 aliphatic carbocycles. The van der Waals surface area contributed by atoms with E-state index in [4.69, 9.17) is 0 Å². The molecule has 0 atom stereocenters. The van der Waals surface area contributed by atoms with Gasteiger partial charge in [-0.2, -0.15) is 5.10 Å². The third-order valence-corrected chi connectivity index (χ3v) is 2.48. The molecule has 1 rings (SSSR count). The minimum atomic E-state index is 0.00708. The van der Waals surface area contributed by atoms with Crippen LogP contribution < -0.4 is 5.32 Å². The van der Waals surface area contributed by atoms with Crippen molar-refractivity contribution in [1.29, 1.82) is 0 Å². The van der Waals surface area contributed by atoms with Gasteiger partial charge in [-0.25, -0.2) is 0 Å². The van der Waals surface area contributed by atoms with Crippen molar-refractivity contribution in [2.45, 2.75) is 39.3 Å². The predicted octanol–water partition coefficient (Wildman–Crippen LogP) is 1.92. The third kappa shape index (κ3) is 2.10. The number of aromatic nitrogens is 2. The normalized spacial score (nSPS) is 12.5. The molecule has 0 radical (unpaired) electrons. The van der Waals surface area contributed by atoms with Crippen molar-refractivity contribution in [1.82, 2.24) is 15.1 Å². The van der Waals surface area contributed by atoms with E-state index in [0.717, 1.165) is 0 Å². The Hall–Kier alpha value is -0.830. The highest BCUT2D eigenvalue weighted by Gasteiger charge is 2.19. The van der Waals surface area contributed by atoms with Crippen molar-refractivity contribution >= 4 is 0 Å². The van der Waals surface area contributed by atoms with Crippen LogP contribution in [0.15, 0.2) is 12.4 Å². The maximum absolute atomic E-state index is 4.31. The van der Waals surface area contributed by atoms with Crippen LogP contribution in [0.4, 0.5) is 0 Å². The lowest BCUT2D eigenvalue weighted by Gasteiger charge is -2.22. The highest BCUT2D eigenvalue weighted by molar-refractivity contribution is 5.15. The van der Waals surface area contributed by atoms with Crippen molar-refractivity contribution in [3.8, 4) is 0 Å². The van der Waals surface area contributed by atoms with E-state index in [1.165, 1.54) is 5.56 Å². The molecule has 0 aliphatic heterocycles. The molecular formula is C10H19N3. The van der Waals surface area contributed by atoms with Crippen LogP contribution in [0.25, 0.3) is 0 Å². The van der Waals surface area contributed by atoms with Crippen molar-refractivity contribution in [2.75, 3.05) is 7.05 Å². The smallest absolute Gasteiger partial charge is 0.0540 e. The van der Waals surface area contributed by atoms with Crippen LogP contribution in [0.5, 0.6) is 0 Å². The zero-order valence-corrected chi connectivity index (χ0v) is 9.13. The SMILES string of the molecule is CNC(C)(C)c1cnn(C(C)C)c1. The van der Waals surface area contributed by atoms with Crippen LogP contribution in [0.2, 0.25) is 0 Å².